The van der Waals surface area contributed by atoms with Gasteiger partial charge in [0.2, 0.25) is 11.8 Å². The number of piperazine rings is 1. The third-order valence-corrected chi connectivity index (χ3v) is 14.9. The van der Waals surface area contributed by atoms with Crippen molar-refractivity contribution in [3.63, 3.8) is 0 Å². The number of ether oxygens (including phenoxy) is 2. The van der Waals surface area contributed by atoms with Gasteiger partial charge in [-0.25, -0.2) is 8.78 Å². The van der Waals surface area contributed by atoms with Gasteiger partial charge in [-0.3, -0.25) is 29.4 Å². The number of halogens is 2. The van der Waals surface area contributed by atoms with Crippen molar-refractivity contribution in [1.82, 2.24) is 20.0 Å². The van der Waals surface area contributed by atoms with E-state index in [4.69, 9.17) is 9.47 Å². The summed E-state index contributed by atoms with van der Waals surface area (Å²) < 4.78 is 42.3. The standard InChI is InChI=1S/C48H59F2N7O7/c1-4-48(64-3)44(57(47(48)62)38-7-5-6-36(49)43(38)59)35-25-37(50)40(26-41(35)63-2)55-18-14-31(15-19-55)28-53-22-20-52(21-23-53)27-30-12-16-54(17-13-30)33-8-9-34-32(24-33)29-56(46(34)61)39-10-11-42(58)51-45(39)60/h5-9,24-26,30-31,39,44,59H,4,10-23,27-29H2,1-3H3,(H,51,58,60)/t39?,44-,48+/m0/s1. The maximum atomic E-state index is 16.2. The van der Waals surface area contributed by atoms with E-state index in [2.05, 4.69) is 31.0 Å². The molecule has 6 aliphatic rings. The number of aromatic hydroxyl groups is 1. The molecule has 3 atom stereocenters. The summed E-state index contributed by atoms with van der Waals surface area (Å²) in [4.78, 5) is 63.4. The minimum Gasteiger partial charge on any atom is -0.503 e. The van der Waals surface area contributed by atoms with E-state index in [1.165, 1.54) is 37.3 Å². The van der Waals surface area contributed by atoms with Crippen molar-refractivity contribution < 1.29 is 42.5 Å². The molecule has 3 aromatic carbocycles. The maximum absolute atomic E-state index is 16.2. The number of phenols is 1. The molecule has 0 saturated carbocycles. The number of rotatable bonds is 12. The summed E-state index contributed by atoms with van der Waals surface area (Å²) in [7, 11) is 2.93. The number of nitrogens with zero attached hydrogens (tertiary/aromatic N) is 6. The molecule has 342 valence electrons. The van der Waals surface area contributed by atoms with E-state index in [1.807, 2.05) is 12.1 Å². The van der Waals surface area contributed by atoms with Crippen LogP contribution in [-0.2, 0) is 25.7 Å². The fourth-order valence-corrected chi connectivity index (χ4v) is 11.2. The maximum Gasteiger partial charge on any atom is 0.262 e. The van der Waals surface area contributed by atoms with Crippen molar-refractivity contribution in [2.75, 3.05) is 94.4 Å². The van der Waals surface area contributed by atoms with Crippen molar-refractivity contribution in [2.24, 2.45) is 11.8 Å². The van der Waals surface area contributed by atoms with E-state index < -0.39 is 41.0 Å². The van der Waals surface area contributed by atoms with Gasteiger partial charge in [0.05, 0.1) is 18.5 Å². The zero-order valence-electron chi connectivity index (χ0n) is 37.0. The molecule has 0 spiro atoms. The van der Waals surface area contributed by atoms with Crippen LogP contribution in [0.25, 0.3) is 0 Å². The van der Waals surface area contributed by atoms with Gasteiger partial charge in [0.25, 0.3) is 11.8 Å². The summed E-state index contributed by atoms with van der Waals surface area (Å²) in [5.41, 5.74) is 2.16. The largest absolute Gasteiger partial charge is 0.503 e. The van der Waals surface area contributed by atoms with Gasteiger partial charge in [0, 0.05) is 108 Å². The van der Waals surface area contributed by atoms with Crippen LogP contribution in [0.15, 0.2) is 48.5 Å². The highest BCUT2D eigenvalue weighted by Gasteiger charge is 2.63. The van der Waals surface area contributed by atoms with E-state index >= 15 is 4.39 Å². The number of para-hydroxylation sites is 1. The van der Waals surface area contributed by atoms with Crippen molar-refractivity contribution in [3.05, 3.63) is 76.9 Å². The second-order valence-corrected chi connectivity index (χ2v) is 18.4. The molecule has 5 fully saturated rings. The molecule has 0 radical (unpaired) electrons. The minimum atomic E-state index is -1.34. The molecule has 6 aliphatic heterocycles. The van der Waals surface area contributed by atoms with E-state index in [0.29, 0.717) is 60.5 Å². The van der Waals surface area contributed by atoms with Crippen LogP contribution in [0.4, 0.5) is 25.8 Å². The first-order valence-corrected chi connectivity index (χ1v) is 22.9. The molecule has 6 heterocycles. The fourth-order valence-electron chi connectivity index (χ4n) is 11.2. The van der Waals surface area contributed by atoms with Crippen LogP contribution >= 0.6 is 0 Å². The van der Waals surface area contributed by atoms with Crippen molar-refractivity contribution >= 4 is 40.7 Å². The molecule has 16 heteroatoms. The number of methoxy groups -OCH3 is 2. The SMILES string of the molecule is CC[C@]1(OC)C(=O)N(c2cccc(F)c2O)[C@H]1c1cc(F)c(N2CCC(CN3CCN(CC4CCN(c5ccc6c(c5)CN(C5CCC(=O)NC5=O)C6=O)CC4)CC3)CC2)cc1OC. The van der Waals surface area contributed by atoms with Crippen LogP contribution < -0.4 is 24.8 Å². The Bertz CT molecular complexity index is 2290. The first kappa shape index (κ1) is 43.9. The zero-order valence-corrected chi connectivity index (χ0v) is 37.0. The molecule has 0 aromatic heterocycles. The van der Waals surface area contributed by atoms with Gasteiger partial charge >= 0.3 is 0 Å². The molecule has 9 rings (SSSR count). The normalized spacial score (nSPS) is 25.2. The number of piperidine rings is 3. The van der Waals surface area contributed by atoms with Crippen LogP contribution in [0.3, 0.4) is 0 Å². The van der Waals surface area contributed by atoms with Gasteiger partial charge in [-0.1, -0.05) is 13.0 Å². The van der Waals surface area contributed by atoms with Gasteiger partial charge in [-0.15, -0.1) is 0 Å². The monoisotopic (exact) mass is 883 g/mol. The highest BCUT2D eigenvalue weighted by Crippen LogP contribution is 2.54. The first-order valence-electron chi connectivity index (χ1n) is 22.9. The Labute approximate surface area is 373 Å². The number of amides is 4. The van der Waals surface area contributed by atoms with E-state index in [-0.39, 0.29) is 36.3 Å². The quantitative estimate of drug-likeness (QED) is 0.186. The number of nitrogens with one attached hydrogen (secondary N) is 1. The van der Waals surface area contributed by atoms with Gasteiger partial charge < -0.3 is 39.1 Å². The highest BCUT2D eigenvalue weighted by molar-refractivity contribution is 6.09. The molecule has 1 unspecified atom stereocenters. The second-order valence-electron chi connectivity index (χ2n) is 18.4. The van der Waals surface area contributed by atoms with Gasteiger partial charge in [0.15, 0.2) is 17.2 Å². The third kappa shape index (κ3) is 7.95. The average molecular weight is 884 g/mol. The average Bonchev–Trinajstić information content (AvgIpc) is 3.63. The zero-order chi connectivity index (χ0) is 44.9. The Morgan fingerprint density at radius 1 is 0.781 bits per heavy atom. The molecule has 4 amide bonds. The van der Waals surface area contributed by atoms with Crippen LogP contribution in [0.5, 0.6) is 11.5 Å². The number of phenolic OH excluding ortho intramolecular Hbond substituents is 1. The summed E-state index contributed by atoms with van der Waals surface area (Å²) in [5.74, 6) is -1.71. The summed E-state index contributed by atoms with van der Waals surface area (Å²) >= 11 is 0. The molecule has 2 N–H and O–H groups in total. The van der Waals surface area contributed by atoms with Gasteiger partial charge in [-0.2, -0.15) is 0 Å². The number of carbonyl (C=O) groups excluding carboxylic acids is 4. The summed E-state index contributed by atoms with van der Waals surface area (Å²) in [6.07, 6.45) is 4.97. The Balaban J connectivity index is 0.738. The topological polar surface area (TPSA) is 138 Å². The molecule has 3 aromatic rings. The Hall–Kier alpha value is -5.32. The lowest BCUT2D eigenvalue weighted by Crippen LogP contribution is -2.69. The van der Waals surface area contributed by atoms with E-state index in [0.717, 1.165) is 95.4 Å². The lowest BCUT2D eigenvalue weighted by atomic mass is 9.75. The predicted molar refractivity (Wildman–Crippen MR) is 237 cm³/mol. The molecule has 0 bridgehead atoms. The number of β-lactam (4-membered cyclic amide) rings is 1. The summed E-state index contributed by atoms with van der Waals surface area (Å²) in [6, 6.07) is 11.6. The number of hydrogen-bond acceptors (Lipinski definition) is 11. The third-order valence-electron chi connectivity index (χ3n) is 14.9. The lowest BCUT2D eigenvalue weighted by Gasteiger charge is -2.55. The Kier molecular flexibility index (Phi) is 12.3. The molecular weight excluding hydrogens is 825 g/mol. The van der Waals surface area contributed by atoms with E-state index in [1.54, 1.807) is 17.9 Å². The first-order chi connectivity index (χ1) is 30.9. The fraction of sp³-hybridized carbons (Fsp3) is 0.542. The number of imide groups is 1. The molecule has 5 saturated heterocycles. The Morgan fingerprint density at radius 2 is 1.44 bits per heavy atom. The molecule has 0 aliphatic carbocycles. The lowest BCUT2D eigenvalue weighted by molar-refractivity contribution is -0.160. The summed E-state index contributed by atoms with van der Waals surface area (Å²) in [5, 5.41) is 13.0. The smallest absolute Gasteiger partial charge is 0.262 e. The summed E-state index contributed by atoms with van der Waals surface area (Å²) in [6.45, 7) is 11.8. The van der Waals surface area contributed by atoms with Crippen molar-refractivity contribution in [3.8, 4) is 11.5 Å². The van der Waals surface area contributed by atoms with Gasteiger partial charge in [-0.05, 0) is 92.3 Å². The number of benzene rings is 3. The number of hydrogen-bond donors (Lipinski definition) is 2. The van der Waals surface area contributed by atoms with Crippen molar-refractivity contribution in [1.29, 1.82) is 0 Å². The molecular formula is C48H59F2N7O7. The van der Waals surface area contributed by atoms with Crippen molar-refractivity contribution in [2.45, 2.75) is 76.1 Å². The number of carbonyl (C=O) groups is 4. The van der Waals surface area contributed by atoms with Crippen LogP contribution in [0, 0.1) is 23.5 Å². The van der Waals surface area contributed by atoms with Crippen LogP contribution in [0.2, 0.25) is 0 Å². The molecule has 64 heavy (non-hydrogen) atoms. The second kappa shape index (κ2) is 17.9. The number of anilines is 3. The molecule has 14 nitrogen and oxygen atoms in total. The highest BCUT2D eigenvalue weighted by atomic mass is 19.1. The predicted octanol–water partition coefficient (Wildman–Crippen LogP) is 5.07. The van der Waals surface area contributed by atoms with E-state index in [9.17, 15) is 28.7 Å². The minimum absolute atomic E-state index is 0.0129. The van der Waals surface area contributed by atoms with Gasteiger partial charge in [0.1, 0.15) is 23.7 Å². The Morgan fingerprint density at radius 3 is 2.05 bits per heavy atom. The number of fused-ring (bicyclic) bond motifs is 1. The van der Waals surface area contributed by atoms with Crippen LogP contribution in [-0.4, -0.2) is 135 Å². The van der Waals surface area contributed by atoms with Crippen LogP contribution in [0.1, 0.15) is 79.4 Å².